The van der Waals surface area contributed by atoms with E-state index in [2.05, 4.69) is 23.3 Å². The molecule has 1 heterocycles. The van der Waals surface area contributed by atoms with Gasteiger partial charge >= 0.3 is 0 Å². The van der Waals surface area contributed by atoms with Gasteiger partial charge in [-0.1, -0.05) is 30.3 Å². The largest absolute Gasteiger partial charge is 0.379 e. The minimum absolute atomic E-state index is 0.0636. The number of benzene rings is 1. The molecule has 4 heteroatoms. The third kappa shape index (κ3) is 3.13. The molecule has 98 valence electrons. The van der Waals surface area contributed by atoms with E-state index in [0.29, 0.717) is 0 Å². The third-order valence-corrected chi connectivity index (χ3v) is 4.36. The smallest absolute Gasteiger partial charge is 0.138 e. The molecule has 0 aliphatic carbocycles. The Labute approximate surface area is 113 Å². The molecule has 2 rings (SSSR count). The molecule has 1 aromatic rings. The van der Waals surface area contributed by atoms with Crippen molar-refractivity contribution in [3.63, 3.8) is 0 Å². The summed E-state index contributed by atoms with van der Waals surface area (Å²) in [7, 11) is 0. The molecule has 3 nitrogen and oxygen atoms in total. The zero-order valence-corrected chi connectivity index (χ0v) is 11.4. The second-order valence-electron chi connectivity index (χ2n) is 4.34. The van der Waals surface area contributed by atoms with E-state index in [1.165, 1.54) is 5.56 Å². The number of aldehydes is 1. The Bertz CT molecular complexity index is 365. The van der Waals surface area contributed by atoms with E-state index in [1.807, 2.05) is 18.2 Å². The maximum atomic E-state index is 11.5. The molecule has 18 heavy (non-hydrogen) atoms. The van der Waals surface area contributed by atoms with Gasteiger partial charge < -0.3 is 9.53 Å². The molecule has 0 amide bonds. The number of morpholine rings is 1. The van der Waals surface area contributed by atoms with Crippen molar-refractivity contribution < 1.29 is 9.53 Å². The van der Waals surface area contributed by atoms with Crippen molar-refractivity contribution in [2.45, 2.75) is 11.3 Å². The highest BCUT2D eigenvalue weighted by Gasteiger charge is 2.28. The molecule has 1 fully saturated rings. The minimum atomic E-state index is -0.0636. The zero-order chi connectivity index (χ0) is 12.8. The average Bonchev–Trinajstić information content (AvgIpc) is 2.46. The first-order chi connectivity index (χ1) is 8.86. The van der Waals surface area contributed by atoms with Crippen LogP contribution >= 0.6 is 11.8 Å². The van der Waals surface area contributed by atoms with Crippen LogP contribution in [-0.2, 0) is 9.53 Å². The van der Waals surface area contributed by atoms with Crippen molar-refractivity contribution in [2.24, 2.45) is 0 Å². The van der Waals surface area contributed by atoms with Gasteiger partial charge in [-0.2, -0.15) is 11.8 Å². The van der Waals surface area contributed by atoms with Crippen molar-refractivity contribution in [3.8, 4) is 0 Å². The zero-order valence-electron chi connectivity index (χ0n) is 10.6. The summed E-state index contributed by atoms with van der Waals surface area (Å²) in [6.07, 6.45) is 3.15. The van der Waals surface area contributed by atoms with Crippen LogP contribution < -0.4 is 0 Å². The summed E-state index contributed by atoms with van der Waals surface area (Å²) in [4.78, 5) is 13.7. The molecular weight excluding hydrogens is 246 g/mol. The lowest BCUT2D eigenvalue weighted by Crippen LogP contribution is -2.46. The number of thioether (sulfide) groups is 1. The van der Waals surface area contributed by atoms with Gasteiger partial charge in [0.15, 0.2) is 0 Å². The van der Waals surface area contributed by atoms with Crippen LogP contribution in [0.2, 0.25) is 0 Å². The topological polar surface area (TPSA) is 29.5 Å². The fourth-order valence-electron chi connectivity index (χ4n) is 2.34. The highest BCUT2D eigenvalue weighted by atomic mass is 32.2. The second-order valence-corrected chi connectivity index (χ2v) is 5.32. The van der Waals surface area contributed by atoms with Crippen molar-refractivity contribution in [1.82, 2.24) is 4.90 Å². The van der Waals surface area contributed by atoms with Crippen LogP contribution in [0.25, 0.3) is 0 Å². The van der Waals surface area contributed by atoms with Gasteiger partial charge in [0, 0.05) is 13.1 Å². The molecule has 1 aromatic carbocycles. The molecule has 1 aliphatic rings. The van der Waals surface area contributed by atoms with E-state index in [1.54, 1.807) is 11.8 Å². The molecule has 2 unspecified atom stereocenters. The lowest BCUT2D eigenvalue weighted by atomic mass is 10.0. The van der Waals surface area contributed by atoms with Crippen LogP contribution in [-0.4, -0.2) is 49.8 Å². The van der Waals surface area contributed by atoms with Gasteiger partial charge in [-0.15, -0.1) is 0 Å². The summed E-state index contributed by atoms with van der Waals surface area (Å²) < 4.78 is 5.35. The Morgan fingerprint density at radius 3 is 2.50 bits per heavy atom. The Balaban J connectivity index is 2.15. The van der Waals surface area contributed by atoms with Gasteiger partial charge in [-0.3, -0.25) is 4.90 Å². The number of hydrogen-bond acceptors (Lipinski definition) is 4. The molecule has 1 saturated heterocycles. The molecule has 0 radical (unpaired) electrons. The molecule has 0 saturated carbocycles. The lowest BCUT2D eigenvalue weighted by molar-refractivity contribution is -0.114. The predicted molar refractivity (Wildman–Crippen MR) is 74.9 cm³/mol. The molecule has 0 bridgehead atoms. The Hall–Kier alpha value is -0.840. The monoisotopic (exact) mass is 265 g/mol. The predicted octanol–water partition coefficient (Wildman–Crippen LogP) is 1.99. The molecule has 0 spiro atoms. The van der Waals surface area contributed by atoms with Crippen LogP contribution in [0, 0.1) is 0 Å². The summed E-state index contributed by atoms with van der Waals surface area (Å²) in [5.41, 5.74) is 1.22. The van der Waals surface area contributed by atoms with Gasteiger partial charge in [-0.25, -0.2) is 0 Å². The number of nitrogens with zero attached hydrogens (tertiary/aromatic N) is 1. The van der Waals surface area contributed by atoms with E-state index >= 15 is 0 Å². The van der Waals surface area contributed by atoms with E-state index in [-0.39, 0.29) is 11.3 Å². The van der Waals surface area contributed by atoms with Crippen LogP contribution in [0.15, 0.2) is 30.3 Å². The van der Waals surface area contributed by atoms with Crippen molar-refractivity contribution >= 4 is 18.0 Å². The first-order valence-corrected chi connectivity index (χ1v) is 7.50. The number of rotatable bonds is 5. The fourth-order valence-corrected chi connectivity index (χ4v) is 3.28. The van der Waals surface area contributed by atoms with Crippen LogP contribution in [0.4, 0.5) is 0 Å². The number of carbonyl (C=O) groups is 1. The highest BCUT2D eigenvalue weighted by Crippen LogP contribution is 2.32. The third-order valence-electron chi connectivity index (χ3n) is 3.30. The lowest BCUT2D eigenvalue weighted by Gasteiger charge is -2.35. The molecule has 1 aliphatic heterocycles. The molecule has 2 atom stereocenters. The van der Waals surface area contributed by atoms with E-state index in [9.17, 15) is 4.79 Å². The van der Waals surface area contributed by atoms with Gasteiger partial charge in [0.05, 0.1) is 24.5 Å². The SMILES string of the molecule is CSC(c1ccccc1)C(C=O)N1CCOCC1. The van der Waals surface area contributed by atoms with Crippen molar-refractivity contribution in [2.75, 3.05) is 32.6 Å². The van der Waals surface area contributed by atoms with Gasteiger partial charge in [0.2, 0.25) is 0 Å². The molecule has 0 N–H and O–H groups in total. The summed E-state index contributed by atoms with van der Waals surface area (Å²) in [5.74, 6) is 0. The standard InChI is InChI=1S/C14H19NO2S/c1-18-14(12-5-3-2-4-6-12)13(11-16)15-7-9-17-10-8-15/h2-6,11,13-14H,7-10H2,1H3. The summed E-state index contributed by atoms with van der Waals surface area (Å²) in [6.45, 7) is 3.13. The minimum Gasteiger partial charge on any atom is -0.379 e. The normalized spacial score (nSPS) is 20.3. The summed E-state index contributed by atoms with van der Waals surface area (Å²) in [5, 5.41) is 0.196. The average molecular weight is 265 g/mol. The van der Waals surface area contributed by atoms with Crippen molar-refractivity contribution in [1.29, 1.82) is 0 Å². The highest BCUT2D eigenvalue weighted by molar-refractivity contribution is 7.98. The van der Waals surface area contributed by atoms with E-state index < -0.39 is 0 Å². The quantitative estimate of drug-likeness (QED) is 0.762. The number of hydrogen-bond donors (Lipinski definition) is 0. The van der Waals surface area contributed by atoms with Crippen LogP contribution in [0.5, 0.6) is 0 Å². The van der Waals surface area contributed by atoms with Gasteiger partial charge in [0.1, 0.15) is 6.29 Å². The van der Waals surface area contributed by atoms with E-state index in [0.717, 1.165) is 32.6 Å². The first kappa shape index (κ1) is 13.6. The Morgan fingerprint density at radius 2 is 1.94 bits per heavy atom. The fraction of sp³-hybridized carbons (Fsp3) is 0.500. The second kappa shape index (κ2) is 6.92. The van der Waals surface area contributed by atoms with Crippen molar-refractivity contribution in [3.05, 3.63) is 35.9 Å². The molecule has 0 aromatic heterocycles. The first-order valence-electron chi connectivity index (χ1n) is 6.21. The van der Waals surface area contributed by atoms with Gasteiger partial charge in [-0.05, 0) is 11.8 Å². The Morgan fingerprint density at radius 1 is 1.28 bits per heavy atom. The molecular formula is C14H19NO2S. The van der Waals surface area contributed by atoms with Gasteiger partial charge in [0.25, 0.3) is 0 Å². The van der Waals surface area contributed by atoms with Crippen LogP contribution in [0.3, 0.4) is 0 Å². The number of ether oxygens (including phenoxy) is 1. The van der Waals surface area contributed by atoms with E-state index in [4.69, 9.17) is 4.74 Å². The number of carbonyl (C=O) groups excluding carboxylic acids is 1. The summed E-state index contributed by atoms with van der Waals surface area (Å²) in [6, 6.07) is 10.2. The maximum absolute atomic E-state index is 11.5. The summed E-state index contributed by atoms with van der Waals surface area (Å²) >= 11 is 1.74. The van der Waals surface area contributed by atoms with Crippen LogP contribution in [0.1, 0.15) is 10.8 Å². The Kier molecular flexibility index (Phi) is 5.23. The maximum Gasteiger partial charge on any atom is 0.138 e.